The van der Waals surface area contributed by atoms with Crippen LogP contribution in [0.3, 0.4) is 0 Å². The van der Waals surface area contributed by atoms with Crippen molar-refractivity contribution in [3.63, 3.8) is 0 Å². The zero-order chi connectivity index (χ0) is 22.5. The summed E-state index contributed by atoms with van der Waals surface area (Å²) < 4.78 is 2.41. The molecule has 1 saturated heterocycles. The maximum absolute atomic E-state index is 12.7. The summed E-state index contributed by atoms with van der Waals surface area (Å²) in [5, 5.41) is 3.11. The Morgan fingerprint density at radius 3 is 2.39 bits per heavy atom. The third-order valence-electron chi connectivity index (χ3n) is 7.14. The molecule has 4 heteroatoms. The number of hydrogen-bond acceptors (Lipinski definition) is 2. The molecule has 1 fully saturated rings. The quantitative estimate of drug-likeness (QED) is 0.483. The number of benzene rings is 2. The Morgan fingerprint density at radius 2 is 1.61 bits per heavy atom. The number of aryl methyl sites for hydroxylation is 1. The third kappa shape index (κ3) is 5.06. The first-order chi connectivity index (χ1) is 16.3. The van der Waals surface area contributed by atoms with Gasteiger partial charge in [-0.2, -0.15) is 0 Å². The van der Waals surface area contributed by atoms with Gasteiger partial charge in [-0.25, -0.2) is 0 Å². The van der Waals surface area contributed by atoms with Gasteiger partial charge in [0.1, 0.15) is 0 Å². The van der Waals surface area contributed by atoms with Crippen molar-refractivity contribution >= 4 is 5.91 Å². The van der Waals surface area contributed by atoms with Gasteiger partial charge < -0.3 is 14.8 Å². The van der Waals surface area contributed by atoms with E-state index in [9.17, 15) is 4.79 Å². The van der Waals surface area contributed by atoms with Crippen molar-refractivity contribution in [1.29, 1.82) is 0 Å². The Balaban J connectivity index is 1.28. The van der Waals surface area contributed by atoms with E-state index in [1.807, 2.05) is 12.1 Å². The minimum absolute atomic E-state index is 0.0259. The van der Waals surface area contributed by atoms with Crippen LogP contribution in [-0.4, -0.2) is 41.6 Å². The average molecular weight is 442 g/mol. The van der Waals surface area contributed by atoms with Crippen LogP contribution in [-0.2, 0) is 12.8 Å². The number of nitrogens with zero attached hydrogens (tertiary/aromatic N) is 2. The van der Waals surface area contributed by atoms with E-state index in [-0.39, 0.29) is 5.91 Å². The van der Waals surface area contributed by atoms with E-state index in [4.69, 9.17) is 0 Å². The molecule has 1 amide bonds. The first kappa shape index (κ1) is 22.0. The number of rotatable bonds is 7. The second-order valence-electron chi connectivity index (χ2n) is 9.47. The van der Waals surface area contributed by atoms with Crippen molar-refractivity contribution in [2.75, 3.05) is 26.2 Å². The van der Waals surface area contributed by atoms with Gasteiger partial charge in [0.05, 0.1) is 5.69 Å². The molecule has 1 aliphatic heterocycles. The predicted molar refractivity (Wildman–Crippen MR) is 135 cm³/mol. The zero-order valence-electron chi connectivity index (χ0n) is 19.6. The number of aromatic nitrogens is 1. The highest BCUT2D eigenvalue weighted by molar-refractivity contribution is 5.94. The molecule has 5 rings (SSSR count). The summed E-state index contributed by atoms with van der Waals surface area (Å²) in [5.74, 6) is 0.0259. The summed E-state index contributed by atoms with van der Waals surface area (Å²) in [6, 6.07) is 21.1. The van der Waals surface area contributed by atoms with E-state index >= 15 is 0 Å². The van der Waals surface area contributed by atoms with Crippen molar-refractivity contribution in [3.05, 3.63) is 77.5 Å². The Bertz CT molecular complexity index is 1060. The maximum Gasteiger partial charge on any atom is 0.251 e. The Labute approximate surface area is 197 Å². The minimum atomic E-state index is 0.0259. The Kier molecular flexibility index (Phi) is 6.92. The second-order valence-corrected chi connectivity index (χ2v) is 9.47. The van der Waals surface area contributed by atoms with Crippen LogP contribution in [0.15, 0.2) is 60.7 Å². The van der Waals surface area contributed by atoms with E-state index < -0.39 is 0 Å². The molecular formula is C29H35N3O. The van der Waals surface area contributed by atoms with E-state index in [1.54, 1.807) is 0 Å². The highest BCUT2D eigenvalue weighted by Crippen LogP contribution is 2.33. The number of carbonyl (C=O) groups excluding carboxylic acids is 1. The normalized spacial score (nSPS) is 16.4. The van der Waals surface area contributed by atoms with Crippen LogP contribution >= 0.6 is 0 Å². The topological polar surface area (TPSA) is 37.3 Å². The van der Waals surface area contributed by atoms with Gasteiger partial charge in [-0.15, -0.1) is 0 Å². The first-order valence-electron chi connectivity index (χ1n) is 12.7. The highest BCUT2D eigenvalue weighted by Gasteiger charge is 2.20. The molecule has 0 unspecified atom stereocenters. The standard InChI is InChI=1S/C29H35N3O/c33-29(30-18-9-21-31-19-7-2-8-20-31)24-14-16-26(17-15-24)32-27-13-6-5-12-25(27)22-28(32)23-10-3-1-4-11-23/h1,3-4,10-11,14-17,22H,2,5-9,12-13,18-21H2,(H,30,33). The van der Waals surface area contributed by atoms with Crippen LogP contribution in [0.5, 0.6) is 0 Å². The summed E-state index contributed by atoms with van der Waals surface area (Å²) in [6.07, 6.45) is 9.78. The molecule has 1 aromatic heterocycles. The van der Waals surface area contributed by atoms with Gasteiger partial charge >= 0.3 is 0 Å². The molecule has 0 spiro atoms. The summed E-state index contributed by atoms with van der Waals surface area (Å²) >= 11 is 0. The number of carbonyl (C=O) groups is 1. The van der Waals surface area contributed by atoms with Crippen molar-refractivity contribution in [3.8, 4) is 16.9 Å². The third-order valence-corrected chi connectivity index (χ3v) is 7.14. The number of fused-ring (bicyclic) bond motifs is 1. The van der Waals surface area contributed by atoms with Crippen LogP contribution in [0.25, 0.3) is 16.9 Å². The SMILES string of the molecule is O=C(NCCCN1CCCCC1)c1ccc(-n2c(-c3ccccc3)cc3c2CCCC3)cc1. The fourth-order valence-corrected chi connectivity index (χ4v) is 5.37. The molecule has 1 N–H and O–H groups in total. The zero-order valence-corrected chi connectivity index (χ0v) is 19.6. The molecule has 0 radical (unpaired) electrons. The number of piperidine rings is 1. The highest BCUT2D eigenvalue weighted by atomic mass is 16.1. The van der Waals surface area contributed by atoms with Gasteiger partial charge in [-0.05, 0) is 106 Å². The molecule has 0 bridgehead atoms. The van der Waals surface area contributed by atoms with Crippen molar-refractivity contribution in [2.24, 2.45) is 0 Å². The summed E-state index contributed by atoms with van der Waals surface area (Å²) in [7, 11) is 0. The lowest BCUT2D eigenvalue weighted by molar-refractivity contribution is 0.0951. The maximum atomic E-state index is 12.7. The Hall–Kier alpha value is -2.85. The van der Waals surface area contributed by atoms with Gasteiger partial charge in [-0.1, -0.05) is 36.8 Å². The van der Waals surface area contributed by atoms with E-state index in [2.05, 4.69) is 63.3 Å². The molecule has 33 heavy (non-hydrogen) atoms. The molecule has 2 aromatic carbocycles. The van der Waals surface area contributed by atoms with E-state index in [1.165, 1.54) is 67.7 Å². The molecule has 2 aliphatic rings. The van der Waals surface area contributed by atoms with Crippen LogP contribution in [0.4, 0.5) is 0 Å². The monoisotopic (exact) mass is 441 g/mol. The summed E-state index contributed by atoms with van der Waals surface area (Å²) in [4.78, 5) is 15.2. The molecule has 3 aromatic rings. The smallest absolute Gasteiger partial charge is 0.251 e. The van der Waals surface area contributed by atoms with E-state index in [0.29, 0.717) is 0 Å². The fourth-order valence-electron chi connectivity index (χ4n) is 5.37. The number of amides is 1. The molecule has 1 aliphatic carbocycles. The van der Waals surface area contributed by atoms with Gasteiger partial charge in [0.25, 0.3) is 5.91 Å². The van der Waals surface area contributed by atoms with Crippen LogP contribution in [0.2, 0.25) is 0 Å². The second kappa shape index (κ2) is 10.4. The predicted octanol–water partition coefficient (Wildman–Crippen LogP) is 5.63. The number of likely N-dealkylation sites (tertiary alicyclic amines) is 1. The van der Waals surface area contributed by atoms with Gasteiger partial charge in [0.2, 0.25) is 0 Å². The van der Waals surface area contributed by atoms with Crippen LogP contribution < -0.4 is 5.32 Å². The van der Waals surface area contributed by atoms with Gasteiger partial charge in [0, 0.05) is 23.5 Å². The van der Waals surface area contributed by atoms with Crippen LogP contribution in [0, 0.1) is 0 Å². The first-order valence-corrected chi connectivity index (χ1v) is 12.7. The van der Waals surface area contributed by atoms with Crippen LogP contribution in [0.1, 0.15) is 60.1 Å². The van der Waals surface area contributed by atoms with Crippen molar-refractivity contribution < 1.29 is 4.79 Å². The molecule has 172 valence electrons. The number of hydrogen-bond donors (Lipinski definition) is 1. The van der Waals surface area contributed by atoms with Crippen molar-refractivity contribution in [1.82, 2.24) is 14.8 Å². The lowest BCUT2D eigenvalue weighted by Gasteiger charge is -2.26. The largest absolute Gasteiger partial charge is 0.352 e. The fraction of sp³-hybridized carbons (Fsp3) is 0.414. The molecule has 0 atom stereocenters. The minimum Gasteiger partial charge on any atom is -0.352 e. The molecular weight excluding hydrogens is 406 g/mol. The molecule has 4 nitrogen and oxygen atoms in total. The van der Waals surface area contributed by atoms with E-state index in [0.717, 1.165) is 43.6 Å². The summed E-state index contributed by atoms with van der Waals surface area (Å²) in [6.45, 7) is 4.24. The van der Waals surface area contributed by atoms with Gasteiger partial charge in [0.15, 0.2) is 0 Å². The Morgan fingerprint density at radius 1 is 0.848 bits per heavy atom. The lowest BCUT2D eigenvalue weighted by Crippen LogP contribution is -2.33. The van der Waals surface area contributed by atoms with Crippen molar-refractivity contribution in [2.45, 2.75) is 51.4 Å². The number of nitrogens with one attached hydrogen (secondary N) is 1. The lowest BCUT2D eigenvalue weighted by atomic mass is 9.98. The average Bonchev–Trinajstić information content (AvgIpc) is 3.27. The van der Waals surface area contributed by atoms with Gasteiger partial charge in [-0.3, -0.25) is 4.79 Å². The molecule has 2 heterocycles. The molecule has 0 saturated carbocycles. The summed E-state index contributed by atoms with van der Waals surface area (Å²) in [5.41, 5.74) is 7.25.